The van der Waals surface area contributed by atoms with E-state index in [0.717, 1.165) is 0 Å². The third kappa shape index (κ3) is 1.24. The van der Waals surface area contributed by atoms with E-state index in [1.807, 2.05) is 0 Å². The van der Waals surface area contributed by atoms with Crippen molar-refractivity contribution in [3.63, 3.8) is 0 Å². The van der Waals surface area contributed by atoms with E-state index in [4.69, 9.17) is 0 Å². The molecular weight excluding hydrogens is 211 g/mol. The molecule has 1 heterocycles. The third-order valence-corrected chi connectivity index (χ3v) is 4.19. The Balaban J connectivity index is 2.73. The van der Waals surface area contributed by atoms with Crippen LogP contribution >= 0.6 is 0 Å². The summed E-state index contributed by atoms with van der Waals surface area (Å²) in [5, 5.41) is 1.45. The molecule has 0 N–H and O–H groups in total. The summed E-state index contributed by atoms with van der Waals surface area (Å²) >= 11 is 0.593. The summed E-state index contributed by atoms with van der Waals surface area (Å²) in [7, 11) is 0. The standard InChI is InChI=1S/C11H12Se/c1-8(2)10-5-3-4-9-6-7-12-11(9)10/h3-8H,1-2H3. The van der Waals surface area contributed by atoms with E-state index in [1.165, 1.54) is 10.9 Å². The number of fused-ring (bicyclic) bond motifs is 1. The number of hydrogen-bond donors (Lipinski definition) is 0. The fourth-order valence-electron chi connectivity index (χ4n) is 1.47. The van der Waals surface area contributed by atoms with Crippen molar-refractivity contribution in [3.8, 4) is 0 Å². The molecule has 0 aliphatic heterocycles. The van der Waals surface area contributed by atoms with Gasteiger partial charge in [0.25, 0.3) is 0 Å². The van der Waals surface area contributed by atoms with Crippen LogP contribution in [-0.2, 0) is 0 Å². The Kier molecular flexibility index (Phi) is 2.08. The molecule has 62 valence electrons. The molecule has 0 atom stereocenters. The molecule has 0 saturated carbocycles. The van der Waals surface area contributed by atoms with Crippen molar-refractivity contribution in [1.82, 2.24) is 0 Å². The van der Waals surface area contributed by atoms with E-state index in [9.17, 15) is 0 Å². The van der Waals surface area contributed by atoms with Gasteiger partial charge in [0.2, 0.25) is 0 Å². The Bertz CT molecular complexity index is 385. The van der Waals surface area contributed by atoms with Crippen LogP contribution in [0.15, 0.2) is 29.2 Å². The molecule has 0 amide bonds. The molecule has 1 aromatic carbocycles. The second-order valence-corrected chi connectivity index (χ2v) is 5.26. The van der Waals surface area contributed by atoms with Gasteiger partial charge in [-0.2, -0.15) is 0 Å². The molecule has 1 aromatic heterocycles. The van der Waals surface area contributed by atoms with Gasteiger partial charge in [-0.15, -0.1) is 0 Å². The van der Waals surface area contributed by atoms with E-state index < -0.39 is 0 Å². The fraction of sp³-hybridized carbons (Fsp3) is 0.273. The van der Waals surface area contributed by atoms with Crippen molar-refractivity contribution >= 4 is 24.1 Å². The second kappa shape index (κ2) is 3.08. The number of benzene rings is 1. The zero-order valence-corrected chi connectivity index (χ0v) is 9.09. The van der Waals surface area contributed by atoms with Gasteiger partial charge < -0.3 is 0 Å². The first-order chi connectivity index (χ1) is 5.79. The summed E-state index contributed by atoms with van der Waals surface area (Å²) in [5.74, 6) is 0.668. The zero-order chi connectivity index (χ0) is 8.55. The first kappa shape index (κ1) is 8.09. The summed E-state index contributed by atoms with van der Waals surface area (Å²) in [4.78, 5) is 2.31. The Labute approximate surface area is 79.0 Å². The molecule has 0 radical (unpaired) electrons. The van der Waals surface area contributed by atoms with Gasteiger partial charge in [-0.1, -0.05) is 0 Å². The molecule has 0 nitrogen and oxygen atoms in total. The Morgan fingerprint density at radius 1 is 1.17 bits per heavy atom. The quantitative estimate of drug-likeness (QED) is 0.652. The summed E-state index contributed by atoms with van der Waals surface area (Å²) in [6, 6.07) is 8.89. The van der Waals surface area contributed by atoms with Crippen molar-refractivity contribution in [2.45, 2.75) is 19.8 Å². The minimum absolute atomic E-state index is 0.593. The summed E-state index contributed by atoms with van der Waals surface area (Å²) in [5.41, 5.74) is 1.54. The van der Waals surface area contributed by atoms with Gasteiger partial charge in [-0.05, 0) is 0 Å². The zero-order valence-electron chi connectivity index (χ0n) is 7.37. The molecule has 0 saturated heterocycles. The maximum absolute atomic E-state index is 2.31. The third-order valence-electron chi connectivity index (χ3n) is 2.13. The molecule has 0 aliphatic rings. The SMILES string of the molecule is CC(C)c1cccc2cc[se]c12. The van der Waals surface area contributed by atoms with Crippen LogP contribution in [0, 0.1) is 0 Å². The minimum atomic E-state index is 0.593. The average Bonchev–Trinajstić information content (AvgIpc) is 2.49. The van der Waals surface area contributed by atoms with Gasteiger partial charge >= 0.3 is 78.7 Å². The molecule has 0 unspecified atom stereocenters. The second-order valence-electron chi connectivity index (χ2n) is 3.34. The Morgan fingerprint density at radius 2 is 2.00 bits per heavy atom. The molecule has 0 bridgehead atoms. The van der Waals surface area contributed by atoms with E-state index in [2.05, 4.69) is 43.1 Å². The molecule has 1 heteroatoms. The van der Waals surface area contributed by atoms with E-state index in [0.29, 0.717) is 20.4 Å². The van der Waals surface area contributed by atoms with Crippen LogP contribution in [0.4, 0.5) is 0 Å². The van der Waals surface area contributed by atoms with Gasteiger partial charge in [0.05, 0.1) is 0 Å². The molecule has 0 spiro atoms. The van der Waals surface area contributed by atoms with Crippen LogP contribution in [0.25, 0.3) is 9.65 Å². The van der Waals surface area contributed by atoms with E-state index in [-0.39, 0.29) is 0 Å². The molecule has 12 heavy (non-hydrogen) atoms. The van der Waals surface area contributed by atoms with Crippen LogP contribution in [0.2, 0.25) is 0 Å². The van der Waals surface area contributed by atoms with Crippen molar-refractivity contribution < 1.29 is 0 Å². The van der Waals surface area contributed by atoms with Crippen molar-refractivity contribution in [2.24, 2.45) is 0 Å². The fourth-order valence-corrected chi connectivity index (χ4v) is 3.70. The summed E-state index contributed by atoms with van der Waals surface area (Å²) < 4.78 is 1.60. The molecule has 2 rings (SSSR count). The van der Waals surface area contributed by atoms with E-state index in [1.54, 1.807) is 4.26 Å². The van der Waals surface area contributed by atoms with Crippen molar-refractivity contribution in [2.75, 3.05) is 0 Å². The Morgan fingerprint density at radius 3 is 2.75 bits per heavy atom. The molecule has 0 aliphatic carbocycles. The monoisotopic (exact) mass is 224 g/mol. The predicted molar refractivity (Wildman–Crippen MR) is 55.0 cm³/mol. The Hall–Kier alpha value is -0.521. The van der Waals surface area contributed by atoms with Crippen molar-refractivity contribution in [1.29, 1.82) is 0 Å². The van der Waals surface area contributed by atoms with Crippen molar-refractivity contribution in [3.05, 3.63) is 34.8 Å². The first-order valence-electron chi connectivity index (χ1n) is 4.25. The first-order valence-corrected chi connectivity index (χ1v) is 6.09. The van der Waals surface area contributed by atoms with Crippen LogP contribution in [0.1, 0.15) is 25.3 Å². The normalized spacial score (nSPS) is 11.2. The molecular formula is C11H12Se. The van der Waals surface area contributed by atoms with E-state index >= 15 is 0 Å². The maximum atomic E-state index is 2.31. The van der Waals surface area contributed by atoms with Gasteiger partial charge in [0.1, 0.15) is 0 Å². The van der Waals surface area contributed by atoms with Gasteiger partial charge in [-0.25, -0.2) is 0 Å². The predicted octanol–water partition coefficient (Wildman–Crippen LogP) is 3.02. The van der Waals surface area contributed by atoms with Crippen LogP contribution < -0.4 is 0 Å². The van der Waals surface area contributed by atoms with Crippen LogP contribution in [-0.4, -0.2) is 14.5 Å². The number of hydrogen-bond acceptors (Lipinski definition) is 0. The van der Waals surface area contributed by atoms with Gasteiger partial charge in [-0.3, -0.25) is 0 Å². The van der Waals surface area contributed by atoms with Crippen LogP contribution in [0.3, 0.4) is 0 Å². The topological polar surface area (TPSA) is 0 Å². The summed E-state index contributed by atoms with van der Waals surface area (Å²) in [6.07, 6.45) is 0. The van der Waals surface area contributed by atoms with Crippen LogP contribution in [0.5, 0.6) is 0 Å². The van der Waals surface area contributed by atoms with Gasteiger partial charge in [0.15, 0.2) is 0 Å². The van der Waals surface area contributed by atoms with Gasteiger partial charge in [0, 0.05) is 0 Å². The average molecular weight is 223 g/mol. The molecule has 2 aromatic rings. The molecule has 0 fully saturated rings. The number of rotatable bonds is 1. The summed E-state index contributed by atoms with van der Waals surface area (Å²) in [6.45, 7) is 4.54.